The van der Waals surface area contributed by atoms with E-state index in [1.165, 1.54) is 6.07 Å². The molecular weight excluding hydrogens is 318 g/mol. The molecule has 0 saturated carbocycles. The van der Waals surface area contributed by atoms with Gasteiger partial charge in [-0.2, -0.15) is 0 Å². The fourth-order valence-corrected chi connectivity index (χ4v) is 3.18. The molecule has 0 aliphatic carbocycles. The van der Waals surface area contributed by atoms with E-state index in [9.17, 15) is 14.9 Å². The van der Waals surface area contributed by atoms with Crippen LogP contribution in [0.5, 0.6) is 0 Å². The van der Waals surface area contributed by atoms with Gasteiger partial charge in [-0.15, -0.1) is 0 Å². The lowest BCUT2D eigenvalue weighted by Gasteiger charge is -2.18. The highest BCUT2D eigenvalue weighted by atomic mass is 16.6. The molecule has 1 N–H and O–H groups in total. The number of amides is 1. The summed E-state index contributed by atoms with van der Waals surface area (Å²) in [6.45, 7) is 3.65. The van der Waals surface area contributed by atoms with E-state index in [0.29, 0.717) is 11.3 Å². The van der Waals surface area contributed by atoms with Crippen LogP contribution in [0.15, 0.2) is 42.5 Å². The third-order valence-electron chi connectivity index (χ3n) is 4.53. The molecule has 1 saturated heterocycles. The van der Waals surface area contributed by atoms with E-state index in [0.717, 1.165) is 43.6 Å². The Labute approximate surface area is 146 Å². The molecule has 2 aromatic carbocycles. The van der Waals surface area contributed by atoms with Crippen molar-refractivity contribution in [1.29, 1.82) is 0 Å². The normalized spacial score (nSPS) is 13.7. The van der Waals surface area contributed by atoms with Gasteiger partial charge in [0.1, 0.15) is 5.69 Å². The van der Waals surface area contributed by atoms with Crippen LogP contribution in [0.2, 0.25) is 0 Å². The minimum atomic E-state index is -0.412. The smallest absolute Gasteiger partial charge is 0.293 e. The molecule has 0 unspecified atom stereocenters. The lowest BCUT2D eigenvalue weighted by atomic mass is 10.1. The number of nitrogens with zero attached hydrogens (tertiary/aromatic N) is 2. The second kappa shape index (κ2) is 7.34. The Balaban J connectivity index is 1.88. The SMILES string of the molecule is CCc1ccccc1NC(=O)c1ccc(N2CCCC2)c([N+](=O)[O-])c1. The van der Waals surface area contributed by atoms with Gasteiger partial charge in [0.15, 0.2) is 0 Å². The summed E-state index contributed by atoms with van der Waals surface area (Å²) in [7, 11) is 0. The average Bonchev–Trinajstić information content (AvgIpc) is 3.16. The van der Waals surface area contributed by atoms with Crippen molar-refractivity contribution in [3.8, 4) is 0 Å². The molecule has 1 aliphatic rings. The molecule has 0 aromatic heterocycles. The summed E-state index contributed by atoms with van der Waals surface area (Å²) in [5.41, 5.74) is 2.63. The van der Waals surface area contributed by atoms with Crippen LogP contribution in [0.25, 0.3) is 0 Å². The lowest BCUT2D eigenvalue weighted by molar-refractivity contribution is -0.384. The number of nitrogens with one attached hydrogen (secondary N) is 1. The van der Waals surface area contributed by atoms with Crippen LogP contribution >= 0.6 is 0 Å². The van der Waals surface area contributed by atoms with Crippen molar-refractivity contribution in [2.45, 2.75) is 26.2 Å². The summed E-state index contributed by atoms with van der Waals surface area (Å²) >= 11 is 0. The zero-order chi connectivity index (χ0) is 17.8. The number of nitro benzene ring substituents is 1. The molecule has 2 aromatic rings. The Kier molecular flexibility index (Phi) is 4.97. The quantitative estimate of drug-likeness (QED) is 0.660. The molecule has 0 spiro atoms. The number of rotatable bonds is 5. The van der Waals surface area contributed by atoms with E-state index in [1.54, 1.807) is 12.1 Å². The topological polar surface area (TPSA) is 75.5 Å². The number of anilines is 2. The molecule has 0 radical (unpaired) electrons. The molecule has 1 fully saturated rings. The third-order valence-corrected chi connectivity index (χ3v) is 4.53. The number of nitro groups is 1. The summed E-state index contributed by atoms with van der Waals surface area (Å²) in [5, 5.41) is 14.3. The Morgan fingerprint density at radius 3 is 2.60 bits per heavy atom. The van der Waals surface area contributed by atoms with Gasteiger partial charge in [-0.3, -0.25) is 14.9 Å². The standard InChI is InChI=1S/C19H21N3O3/c1-2-14-7-3-4-8-16(14)20-19(23)15-9-10-17(18(13-15)22(24)25)21-11-5-6-12-21/h3-4,7-10,13H,2,5-6,11-12H2,1H3,(H,20,23). The molecule has 1 heterocycles. The first-order valence-electron chi connectivity index (χ1n) is 8.52. The van der Waals surface area contributed by atoms with Crippen LogP contribution in [0, 0.1) is 10.1 Å². The number of carbonyl (C=O) groups is 1. The second-order valence-electron chi connectivity index (χ2n) is 6.12. The first-order valence-corrected chi connectivity index (χ1v) is 8.52. The Bertz CT molecular complexity index is 798. The highest BCUT2D eigenvalue weighted by Gasteiger charge is 2.24. The monoisotopic (exact) mass is 339 g/mol. The van der Waals surface area contributed by atoms with Gasteiger partial charge in [0, 0.05) is 30.4 Å². The van der Waals surface area contributed by atoms with Gasteiger partial charge in [0.2, 0.25) is 0 Å². The van der Waals surface area contributed by atoms with E-state index in [1.807, 2.05) is 36.1 Å². The predicted molar refractivity (Wildman–Crippen MR) is 98.3 cm³/mol. The van der Waals surface area contributed by atoms with Gasteiger partial charge in [-0.25, -0.2) is 0 Å². The van der Waals surface area contributed by atoms with Crippen molar-refractivity contribution in [1.82, 2.24) is 0 Å². The van der Waals surface area contributed by atoms with Crippen molar-refractivity contribution in [2.75, 3.05) is 23.3 Å². The minimum absolute atomic E-state index is 0.0154. The first-order chi connectivity index (χ1) is 12.1. The fraction of sp³-hybridized carbons (Fsp3) is 0.316. The van der Waals surface area contributed by atoms with Gasteiger partial charge < -0.3 is 10.2 Å². The van der Waals surface area contributed by atoms with Crippen LogP contribution in [0.4, 0.5) is 17.1 Å². The number of para-hydroxylation sites is 1. The number of aryl methyl sites for hydroxylation is 1. The van der Waals surface area contributed by atoms with E-state index in [4.69, 9.17) is 0 Å². The first kappa shape index (κ1) is 17.0. The van der Waals surface area contributed by atoms with Gasteiger partial charge >= 0.3 is 0 Å². The Morgan fingerprint density at radius 1 is 1.20 bits per heavy atom. The molecule has 1 amide bonds. The second-order valence-corrected chi connectivity index (χ2v) is 6.12. The van der Waals surface area contributed by atoms with Crippen LogP contribution in [0.3, 0.4) is 0 Å². The molecule has 0 atom stereocenters. The summed E-state index contributed by atoms with van der Waals surface area (Å²) in [4.78, 5) is 25.6. The molecule has 3 rings (SSSR count). The van der Waals surface area contributed by atoms with Crippen LogP contribution in [-0.4, -0.2) is 23.9 Å². The number of hydrogen-bond acceptors (Lipinski definition) is 4. The molecular formula is C19H21N3O3. The molecule has 130 valence electrons. The molecule has 6 nitrogen and oxygen atoms in total. The van der Waals surface area contributed by atoms with Gasteiger partial charge in [0.25, 0.3) is 11.6 Å². The van der Waals surface area contributed by atoms with E-state index >= 15 is 0 Å². The molecule has 0 bridgehead atoms. The Hall–Kier alpha value is -2.89. The summed E-state index contributed by atoms with van der Waals surface area (Å²) in [6.07, 6.45) is 2.87. The van der Waals surface area contributed by atoms with Gasteiger partial charge in [-0.05, 0) is 43.0 Å². The summed E-state index contributed by atoms with van der Waals surface area (Å²) in [6, 6.07) is 12.3. The van der Waals surface area contributed by atoms with Gasteiger partial charge in [0.05, 0.1) is 4.92 Å². The van der Waals surface area contributed by atoms with Crippen molar-refractivity contribution >= 4 is 23.0 Å². The van der Waals surface area contributed by atoms with Crippen molar-refractivity contribution in [3.63, 3.8) is 0 Å². The minimum Gasteiger partial charge on any atom is -0.366 e. The molecule has 1 aliphatic heterocycles. The lowest BCUT2D eigenvalue weighted by Crippen LogP contribution is -2.20. The number of benzene rings is 2. The summed E-state index contributed by atoms with van der Waals surface area (Å²) < 4.78 is 0. The van der Waals surface area contributed by atoms with Gasteiger partial charge in [-0.1, -0.05) is 25.1 Å². The third kappa shape index (κ3) is 3.63. The highest BCUT2D eigenvalue weighted by Crippen LogP contribution is 2.32. The van der Waals surface area contributed by atoms with Crippen molar-refractivity contribution < 1.29 is 9.72 Å². The molecule has 25 heavy (non-hydrogen) atoms. The van der Waals surface area contributed by atoms with E-state index < -0.39 is 4.92 Å². The van der Waals surface area contributed by atoms with Crippen molar-refractivity contribution in [3.05, 3.63) is 63.7 Å². The summed E-state index contributed by atoms with van der Waals surface area (Å²) in [5.74, 6) is -0.336. The maximum absolute atomic E-state index is 12.5. The van der Waals surface area contributed by atoms with Crippen LogP contribution in [0.1, 0.15) is 35.7 Å². The van der Waals surface area contributed by atoms with Crippen LogP contribution < -0.4 is 10.2 Å². The predicted octanol–water partition coefficient (Wildman–Crippen LogP) is 4.01. The maximum atomic E-state index is 12.5. The van der Waals surface area contributed by atoms with E-state index in [2.05, 4.69) is 5.32 Å². The Morgan fingerprint density at radius 2 is 1.92 bits per heavy atom. The van der Waals surface area contributed by atoms with Crippen molar-refractivity contribution in [2.24, 2.45) is 0 Å². The number of hydrogen-bond donors (Lipinski definition) is 1. The maximum Gasteiger partial charge on any atom is 0.293 e. The molecule has 6 heteroatoms. The largest absolute Gasteiger partial charge is 0.366 e. The zero-order valence-corrected chi connectivity index (χ0v) is 14.2. The van der Waals surface area contributed by atoms with E-state index in [-0.39, 0.29) is 11.6 Å². The fourth-order valence-electron chi connectivity index (χ4n) is 3.18. The highest BCUT2D eigenvalue weighted by molar-refractivity contribution is 6.05. The zero-order valence-electron chi connectivity index (χ0n) is 14.2. The van der Waals surface area contributed by atoms with Crippen LogP contribution in [-0.2, 0) is 6.42 Å². The number of carbonyl (C=O) groups excluding carboxylic acids is 1. The average molecular weight is 339 g/mol.